The second-order valence-corrected chi connectivity index (χ2v) is 5.07. The van der Waals surface area contributed by atoms with E-state index >= 15 is 0 Å². The maximum atomic E-state index is 9.73. The molecular formula is C13H13N3O3. The van der Waals surface area contributed by atoms with Crippen LogP contribution in [0.2, 0.25) is 0 Å². The highest BCUT2D eigenvalue weighted by atomic mass is 16.5. The Morgan fingerprint density at radius 2 is 2.26 bits per heavy atom. The largest absolute Gasteiger partial charge is 0.505 e. The molecule has 0 spiro atoms. The molecule has 2 saturated heterocycles. The lowest BCUT2D eigenvalue weighted by Crippen LogP contribution is -2.15. The Morgan fingerprint density at radius 1 is 1.32 bits per heavy atom. The number of hydrogen-bond donors (Lipinski definition) is 1. The van der Waals surface area contributed by atoms with E-state index in [9.17, 15) is 5.11 Å². The van der Waals surface area contributed by atoms with Gasteiger partial charge in [-0.05, 0) is 25.3 Å². The van der Waals surface area contributed by atoms with Crippen LogP contribution in [0.1, 0.15) is 31.0 Å². The van der Waals surface area contributed by atoms with Gasteiger partial charge in [-0.15, -0.1) is 0 Å². The average Bonchev–Trinajstić information content (AvgIpc) is 3.15. The highest BCUT2D eigenvalue weighted by Gasteiger charge is 2.43. The van der Waals surface area contributed by atoms with E-state index in [2.05, 4.69) is 15.1 Å². The lowest BCUT2D eigenvalue weighted by molar-refractivity contribution is 0.0996. The topological polar surface area (TPSA) is 81.3 Å². The molecule has 0 amide bonds. The second-order valence-electron chi connectivity index (χ2n) is 5.07. The van der Waals surface area contributed by atoms with Crippen molar-refractivity contribution in [2.75, 3.05) is 0 Å². The minimum atomic E-state index is 0.0434. The van der Waals surface area contributed by atoms with Crippen molar-refractivity contribution in [1.82, 2.24) is 15.1 Å². The van der Waals surface area contributed by atoms with Gasteiger partial charge in [-0.2, -0.15) is 4.98 Å². The van der Waals surface area contributed by atoms with Crippen LogP contribution in [-0.4, -0.2) is 32.4 Å². The first-order chi connectivity index (χ1) is 9.31. The van der Waals surface area contributed by atoms with Gasteiger partial charge in [0.25, 0.3) is 5.89 Å². The number of fused-ring (bicyclic) bond motifs is 2. The van der Waals surface area contributed by atoms with Gasteiger partial charge in [0.1, 0.15) is 5.75 Å². The minimum Gasteiger partial charge on any atom is -0.505 e. The Bertz CT molecular complexity index is 613. The van der Waals surface area contributed by atoms with Crippen LogP contribution >= 0.6 is 0 Å². The Hall–Kier alpha value is -1.95. The number of nitrogens with zero attached hydrogens (tertiary/aromatic N) is 3. The van der Waals surface area contributed by atoms with Crippen molar-refractivity contribution in [1.29, 1.82) is 0 Å². The molecular weight excluding hydrogens is 246 g/mol. The Balaban J connectivity index is 1.65. The molecule has 4 rings (SSSR count). The van der Waals surface area contributed by atoms with Gasteiger partial charge in [-0.1, -0.05) is 5.16 Å². The van der Waals surface area contributed by atoms with E-state index < -0.39 is 0 Å². The lowest BCUT2D eigenvalue weighted by atomic mass is 9.89. The van der Waals surface area contributed by atoms with Crippen LogP contribution in [0.15, 0.2) is 23.0 Å². The molecule has 2 aliphatic heterocycles. The fourth-order valence-corrected chi connectivity index (χ4v) is 2.97. The summed E-state index contributed by atoms with van der Waals surface area (Å²) in [6.45, 7) is 0. The minimum absolute atomic E-state index is 0.0434. The van der Waals surface area contributed by atoms with Crippen LogP contribution < -0.4 is 0 Å². The number of aromatic nitrogens is 3. The van der Waals surface area contributed by atoms with Crippen molar-refractivity contribution in [3.05, 3.63) is 24.3 Å². The average molecular weight is 259 g/mol. The Labute approximate surface area is 109 Å². The predicted molar refractivity (Wildman–Crippen MR) is 64.4 cm³/mol. The third kappa shape index (κ3) is 1.71. The van der Waals surface area contributed by atoms with Gasteiger partial charge >= 0.3 is 0 Å². The van der Waals surface area contributed by atoms with Crippen molar-refractivity contribution in [3.8, 4) is 17.2 Å². The highest BCUT2D eigenvalue weighted by Crippen LogP contribution is 2.43. The summed E-state index contributed by atoms with van der Waals surface area (Å²) in [5, 5.41) is 13.8. The number of hydrogen-bond acceptors (Lipinski definition) is 6. The van der Waals surface area contributed by atoms with Crippen molar-refractivity contribution in [2.24, 2.45) is 0 Å². The van der Waals surface area contributed by atoms with E-state index in [-0.39, 0.29) is 17.8 Å². The normalized spacial score (nSPS) is 28.9. The zero-order valence-corrected chi connectivity index (χ0v) is 10.2. The summed E-state index contributed by atoms with van der Waals surface area (Å²) in [7, 11) is 0. The van der Waals surface area contributed by atoms with Crippen molar-refractivity contribution >= 4 is 0 Å². The van der Waals surface area contributed by atoms with Crippen LogP contribution in [0.3, 0.4) is 0 Å². The molecule has 2 fully saturated rings. The number of pyridine rings is 1. The molecule has 0 radical (unpaired) electrons. The molecule has 2 aromatic rings. The van der Waals surface area contributed by atoms with Gasteiger partial charge in [-0.25, -0.2) is 0 Å². The molecule has 2 bridgehead atoms. The summed E-state index contributed by atoms with van der Waals surface area (Å²) in [6, 6.07) is 1.66. The van der Waals surface area contributed by atoms with Gasteiger partial charge < -0.3 is 14.4 Å². The number of rotatable bonds is 2. The predicted octanol–water partition coefficient (Wildman–Crippen LogP) is 1.87. The van der Waals surface area contributed by atoms with Crippen LogP contribution in [0.5, 0.6) is 5.75 Å². The fraction of sp³-hybridized carbons (Fsp3) is 0.462. The van der Waals surface area contributed by atoms with E-state index in [1.54, 1.807) is 12.3 Å². The molecule has 0 aliphatic carbocycles. The van der Waals surface area contributed by atoms with Crippen molar-refractivity contribution in [3.63, 3.8) is 0 Å². The molecule has 19 heavy (non-hydrogen) atoms. The van der Waals surface area contributed by atoms with Crippen LogP contribution in [0, 0.1) is 0 Å². The number of ether oxygens (including phenoxy) is 1. The number of aromatic hydroxyl groups is 1. The lowest BCUT2D eigenvalue weighted by Gasteiger charge is -2.13. The van der Waals surface area contributed by atoms with Gasteiger partial charge in [0, 0.05) is 6.20 Å². The van der Waals surface area contributed by atoms with Gasteiger partial charge in [-0.3, -0.25) is 4.98 Å². The van der Waals surface area contributed by atoms with E-state index in [1.165, 1.54) is 6.20 Å². The van der Waals surface area contributed by atoms with Gasteiger partial charge in [0.15, 0.2) is 5.82 Å². The third-order valence-corrected chi connectivity index (χ3v) is 3.91. The van der Waals surface area contributed by atoms with Gasteiger partial charge in [0.2, 0.25) is 0 Å². The molecule has 2 aromatic heterocycles. The van der Waals surface area contributed by atoms with Crippen LogP contribution in [-0.2, 0) is 4.74 Å². The van der Waals surface area contributed by atoms with Gasteiger partial charge in [0.05, 0.1) is 29.9 Å². The molecule has 0 aromatic carbocycles. The first kappa shape index (κ1) is 10.9. The zero-order valence-electron chi connectivity index (χ0n) is 10.2. The summed E-state index contributed by atoms with van der Waals surface area (Å²) in [6.07, 6.45) is 6.69. The van der Waals surface area contributed by atoms with Crippen LogP contribution in [0.25, 0.3) is 11.5 Å². The standard InChI is InChI=1S/C13H13N3O3/c17-10-6-14-4-3-8(10)13-15-12(16-19-13)9-5-7-1-2-11(9)18-7/h3-4,6-7,9,11,17H,1-2,5H2. The summed E-state index contributed by atoms with van der Waals surface area (Å²) in [5.74, 6) is 1.28. The smallest absolute Gasteiger partial charge is 0.261 e. The first-order valence-corrected chi connectivity index (χ1v) is 6.43. The quantitative estimate of drug-likeness (QED) is 0.886. The molecule has 6 heteroatoms. The molecule has 3 atom stereocenters. The maximum absolute atomic E-state index is 9.73. The summed E-state index contributed by atoms with van der Waals surface area (Å²) in [5.41, 5.74) is 0.512. The van der Waals surface area contributed by atoms with E-state index in [0.29, 0.717) is 23.4 Å². The van der Waals surface area contributed by atoms with Crippen molar-refractivity contribution in [2.45, 2.75) is 37.4 Å². The molecule has 2 aliphatic rings. The monoisotopic (exact) mass is 259 g/mol. The Kier molecular flexibility index (Phi) is 2.32. The fourth-order valence-electron chi connectivity index (χ4n) is 2.97. The molecule has 98 valence electrons. The second kappa shape index (κ2) is 4.03. The molecule has 3 unspecified atom stereocenters. The summed E-state index contributed by atoms with van der Waals surface area (Å²) in [4.78, 5) is 8.22. The first-order valence-electron chi connectivity index (χ1n) is 6.43. The molecule has 6 nitrogen and oxygen atoms in total. The molecule has 1 N–H and O–H groups in total. The van der Waals surface area contributed by atoms with E-state index in [1.807, 2.05) is 0 Å². The van der Waals surface area contributed by atoms with Crippen LogP contribution in [0.4, 0.5) is 0 Å². The van der Waals surface area contributed by atoms with Crippen molar-refractivity contribution < 1.29 is 14.4 Å². The summed E-state index contributed by atoms with van der Waals surface area (Å²) >= 11 is 0. The molecule has 0 saturated carbocycles. The maximum Gasteiger partial charge on any atom is 0.261 e. The third-order valence-electron chi connectivity index (χ3n) is 3.91. The highest BCUT2D eigenvalue weighted by molar-refractivity contribution is 5.60. The SMILES string of the molecule is Oc1cnccc1-c1nc(C2CC3CCC2O3)no1. The van der Waals surface area contributed by atoms with E-state index in [4.69, 9.17) is 9.26 Å². The van der Waals surface area contributed by atoms with E-state index in [0.717, 1.165) is 19.3 Å². The summed E-state index contributed by atoms with van der Waals surface area (Å²) < 4.78 is 11.0. The Morgan fingerprint density at radius 3 is 3.00 bits per heavy atom. The molecule has 4 heterocycles. The zero-order chi connectivity index (χ0) is 12.8.